The molecule has 2 aliphatic heterocycles. The van der Waals surface area contributed by atoms with E-state index in [4.69, 9.17) is 28.4 Å². The van der Waals surface area contributed by atoms with Crippen LogP contribution in [0.5, 0.6) is 0 Å². The summed E-state index contributed by atoms with van der Waals surface area (Å²) in [6, 6.07) is 10.3. The highest BCUT2D eigenvalue weighted by Crippen LogP contribution is 2.50. The van der Waals surface area contributed by atoms with E-state index in [0.29, 0.717) is 31.0 Å². The summed E-state index contributed by atoms with van der Waals surface area (Å²) in [5.74, 6) is 0.947. The molecule has 4 aliphatic rings. The SMILES string of the molecule is COC(=O)C(CCCCOCc1ccccc1)C1=CC2C(C1)C[C@H](OC1CCCCO1)[C@H]2C=CCCCCCCOC1CCCCO1. The van der Waals surface area contributed by atoms with Crippen molar-refractivity contribution in [3.05, 3.63) is 59.7 Å². The predicted octanol–water partition coefficient (Wildman–Crippen LogP) is 8.71. The maximum absolute atomic E-state index is 13.0. The van der Waals surface area contributed by atoms with Crippen LogP contribution in [0.4, 0.5) is 0 Å². The summed E-state index contributed by atoms with van der Waals surface area (Å²) in [7, 11) is 1.52. The number of rotatable bonds is 20. The molecule has 7 heteroatoms. The van der Waals surface area contributed by atoms with Crippen LogP contribution in [0, 0.1) is 23.7 Å². The van der Waals surface area contributed by atoms with Crippen molar-refractivity contribution in [2.24, 2.45) is 23.7 Å². The van der Waals surface area contributed by atoms with Crippen molar-refractivity contribution >= 4 is 5.97 Å². The van der Waals surface area contributed by atoms with Crippen molar-refractivity contribution in [3.63, 3.8) is 0 Å². The van der Waals surface area contributed by atoms with Crippen LogP contribution in [0.15, 0.2) is 54.1 Å². The zero-order valence-electron chi connectivity index (χ0n) is 28.9. The molecule has 5 rings (SSSR count). The molecule has 2 saturated heterocycles. The number of fused-ring (bicyclic) bond motifs is 1. The lowest BCUT2D eigenvalue weighted by atomic mass is 9.90. The van der Waals surface area contributed by atoms with Crippen molar-refractivity contribution in [1.82, 2.24) is 0 Å². The van der Waals surface area contributed by atoms with Gasteiger partial charge in [0, 0.05) is 32.3 Å². The minimum atomic E-state index is -0.168. The van der Waals surface area contributed by atoms with Crippen LogP contribution in [0.2, 0.25) is 0 Å². The summed E-state index contributed by atoms with van der Waals surface area (Å²) in [4.78, 5) is 13.0. The fourth-order valence-corrected chi connectivity index (χ4v) is 7.87. The van der Waals surface area contributed by atoms with Crippen LogP contribution < -0.4 is 0 Å². The number of hydrogen-bond donors (Lipinski definition) is 0. The summed E-state index contributed by atoms with van der Waals surface area (Å²) in [5, 5.41) is 0. The molecule has 1 aromatic rings. The lowest BCUT2D eigenvalue weighted by Gasteiger charge is -2.29. The largest absolute Gasteiger partial charge is 0.469 e. The first-order valence-electron chi connectivity index (χ1n) is 18.8. The Bertz CT molecular complexity index is 1080. The first-order chi connectivity index (χ1) is 23.2. The molecule has 2 aliphatic carbocycles. The molecule has 0 radical (unpaired) electrons. The van der Waals surface area contributed by atoms with Crippen molar-refractivity contribution < 1.29 is 33.2 Å². The number of allylic oxidation sites excluding steroid dienone is 2. The van der Waals surface area contributed by atoms with Gasteiger partial charge in [-0.1, -0.05) is 67.0 Å². The Morgan fingerprint density at radius 3 is 2.45 bits per heavy atom. The number of hydrogen-bond acceptors (Lipinski definition) is 7. The number of carbonyl (C=O) groups excluding carboxylic acids is 1. The van der Waals surface area contributed by atoms with Gasteiger partial charge in [0.05, 0.1) is 25.7 Å². The maximum atomic E-state index is 13.0. The van der Waals surface area contributed by atoms with Crippen LogP contribution in [0.1, 0.15) is 108 Å². The number of methoxy groups -OCH3 is 1. The third-order valence-electron chi connectivity index (χ3n) is 10.5. The van der Waals surface area contributed by atoms with Gasteiger partial charge in [-0.05, 0) is 107 Å². The molecular weight excluding hydrogens is 592 g/mol. The molecule has 7 nitrogen and oxygen atoms in total. The lowest BCUT2D eigenvalue weighted by molar-refractivity contribution is -0.192. The Morgan fingerprint density at radius 2 is 1.68 bits per heavy atom. The van der Waals surface area contributed by atoms with Gasteiger partial charge in [0.15, 0.2) is 12.6 Å². The van der Waals surface area contributed by atoms with Crippen LogP contribution in [-0.2, 0) is 39.8 Å². The van der Waals surface area contributed by atoms with Crippen molar-refractivity contribution in [1.29, 1.82) is 0 Å². The molecule has 0 aromatic heterocycles. The van der Waals surface area contributed by atoms with Gasteiger partial charge in [-0.3, -0.25) is 4.79 Å². The van der Waals surface area contributed by atoms with E-state index in [1.54, 1.807) is 0 Å². The molecule has 1 saturated carbocycles. The molecule has 7 atom stereocenters. The molecular formula is C40H60O7. The van der Waals surface area contributed by atoms with Gasteiger partial charge < -0.3 is 28.4 Å². The third-order valence-corrected chi connectivity index (χ3v) is 10.5. The highest BCUT2D eigenvalue weighted by molar-refractivity contribution is 5.76. The number of carbonyl (C=O) groups is 1. The zero-order chi connectivity index (χ0) is 32.5. The van der Waals surface area contributed by atoms with E-state index in [-0.39, 0.29) is 30.6 Å². The van der Waals surface area contributed by atoms with Gasteiger partial charge in [-0.2, -0.15) is 0 Å². The summed E-state index contributed by atoms with van der Waals surface area (Å²) in [6.07, 6.45) is 24.5. The summed E-state index contributed by atoms with van der Waals surface area (Å²) in [5.41, 5.74) is 2.46. The molecule has 2 heterocycles. The number of ether oxygens (including phenoxy) is 6. The Kier molecular flexibility index (Phi) is 15.8. The van der Waals surface area contributed by atoms with Crippen LogP contribution in [0.25, 0.3) is 0 Å². The Morgan fingerprint density at radius 1 is 0.915 bits per heavy atom. The van der Waals surface area contributed by atoms with Crippen LogP contribution in [-0.4, -0.2) is 58.2 Å². The number of benzene rings is 1. The van der Waals surface area contributed by atoms with Gasteiger partial charge in [0.2, 0.25) is 0 Å². The lowest BCUT2D eigenvalue weighted by Crippen LogP contribution is -2.30. The first-order valence-corrected chi connectivity index (χ1v) is 18.8. The summed E-state index contributed by atoms with van der Waals surface area (Å²) in [6.45, 7) is 3.77. The summed E-state index contributed by atoms with van der Waals surface area (Å²) >= 11 is 0. The molecule has 0 amide bonds. The van der Waals surface area contributed by atoms with Gasteiger partial charge in [-0.25, -0.2) is 0 Å². The topological polar surface area (TPSA) is 72.5 Å². The average Bonchev–Trinajstić information content (AvgIpc) is 3.66. The Hall–Kier alpha value is -2.03. The first kappa shape index (κ1) is 36.3. The average molecular weight is 653 g/mol. The van der Waals surface area contributed by atoms with E-state index in [9.17, 15) is 4.79 Å². The van der Waals surface area contributed by atoms with Gasteiger partial charge in [0.25, 0.3) is 0 Å². The molecule has 47 heavy (non-hydrogen) atoms. The Balaban J connectivity index is 1.09. The van der Waals surface area contributed by atoms with Gasteiger partial charge >= 0.3 is 5.97 Å². The van der Waals surface area contributed by atoms with E-state index in [0.717, 1.165) is 90.4 Å². The second-order valence-electron chi connectivity index (χ2n) is 14.0. The standard InChI is InChI=1S/C40H60O7/c1-42-40(41)34(19-10-14-23-43-30-31-17-7-6-8-18-31)32-27-33-29-37(47-39-22-12-16-26-46-39)35(36(33)28-32)20-9-4-2-3-5-13-24-44-38-21-11-15-25-45-38/h6-9,17-18,20,28,33-39H,2-5,10-16,19,21-27,29-30H2,1H3/t33?,34?,35-,36?,37-,38?,39?/m0/s1. The molecule has 5 unspecified atom stereocenters. The predicted molar refractivity (Wildman–Crippen MR) is 183 cm³/mol. The van der Waals surface area contributed by atoms with E-state index < -0.39 is 0 Å². The van der Waals surface area contributed by atoms with Crippen molar-refractivity contribution in [2.45, 2.75) is 128 Å². The molecule has 0 bridgehead atoms. The highest BCUT2D eigenvalue weighted by atomic mass is 16.7. The fraction of sp³-hybridized carbons (Fsp3) is 0.725. The van der Waals surface area contributed by atoms with E-state index in [1.165, 1.54) is 50.4 Å². The fourth-order valence-electron chi connectivity index (χ4n) is 7.87. The second kappa shape index (κ2) is 20.5. The quantitative estimate of drug-likeness (QED) is 0.0793. The minimum absolute atomic E-state index is 0.0221. The molecule has 0 N–H and O–H groups in total. The highest BCUT2D eigenvalue weighted by Gasteiger charge is 2.47. The van der Waals surface area contributed by atoms with E-state index >= 15 is 0 Å². The number of unbranched alkanes of at least 4 members (excludes halogenated alkanes) is 5. The van der Waals surface area contributed by atoms with Gasteiger partial charge in [-0.15, -0.1) is 0 Å². The summed E-state index contributed by atoms with van der Waals surface area (Å²) < 4.78 is 35.4. The second-order valence-corrected chi connectivity index (χ2v) is 14.0. The number of esters is 1. The van der Waals surface area contributed by atoms with Gasteiger partial charge in [0.1, 0.15) is 0 Å². The minimum Gasteiger partial charge on any atom is -0.469 e. The molecule has 1 aromatic carbocycles. The van der Waals surface area contributed by atoms with Crippen molar-refractivity contribution in [2.75, 3.05) is 33.5 Å². The zero-order valence-corrected chi connectivity index (χ0v) is 28.9. The molecule has 0 spiro atoms. The molecule has 3 fully saturated rings. The molecule has 262 valence electrons. The Labute approximate surface area is 283 Å². The van der Waals surface area contributed by atoms with E-state index in [2.05, 4.69) is 30.4 Å². The normalized spacial score (nSPS) is 28.3. The monoisotopic (exact) mass is 652 g/mol. The maximum Gasteiger partial charge on any atom is 0.312 e. The van der Waals surface area contributed by atoms with Crippen molar-refractivity contribution in [3.8, 4) is 0 Å². The smallest absolute Gasteiger partial charge is 0.312 e. The third kappa shape index (κ3) is 11.8. The van der Waals surface area contributed by atoms with Crippen LogP contribution in [0.3, 0.4) is 0 Å². The van der Waals surface area contributed by atoms with Crippen LogP contribution >= 0.6 is 0 Å². The van der Waals surface area contributed by atoms with E-state index in [1.807, 2.05) is 18.2 Å².